The molecule has 4 saturated heterocycles. The van der Waals surface area contributed by atoms with Crippen LogP contribution in [0.3, 0.4) is 0 Å². The third-order valence-corrected chi connectivity index (χ3v) is 6.21. The lowest BCUT2D eigenvalue weighted by atomic mass is 9.74. The Labute approximate surface area is 172 Å². The van der Waals surface area contributed by atoms with Gasteiger partial charge in [0.05, 0.1) is 16.6 Å². The number of aliphatic imine (C=N–C) groups is 1. The summed E-state index contributed by atoms with van der Waals surface area (Å²) in [4.78, 5) is 20.3. The molecular weight excluding hydrogens is 428 g/mol. The van der Waals surface area contributed by atoms with E-state index in [9.17, 15) is 26.3 Å². The van der Waals surface area contributed by atoms with Crippen molar-refractivity contribution in [3.63, 3.8) is 0 Å². The van der Waals surface area contributed by atoms with E-state index >= 15 is 0 Å². The predicted molar refractivity (Wildman–Crippen MR) is 97.4 cm³/mol. The fourth-order valence-corrected chi connectivity index (χ4v) is 4.73. The maximum atomic E-state index is 13.2. The fraction of sp³-hybridized carbons (Fsp3) is 0.526. The Morgan fingerprint density at radius 1 is 1.06 bits per heavy atom. The Balaban J connectivity index is 1.48. The van der Waals surface area contributed by atoms with Gasteiger partial charge in [-0.1, -0.05) is 0 Å². The number of benzene rings is 1. The number of fused-ring (bicyclic) bond motifs is 3. The molecule has 0 aliphatic carbocycles. The zero-order valence-electron chi connectivity index (χ0n) is 16.0. The van der Waals surface area contributed by atoms with Crippen LogP contribution in [0, 0.1) is 5.92 Å². The fourth-order valence-electron chi connectivity index (χ4n) is 4.73. The molecule has 1 N–H and O–H groups in total. The molecule has 12 heteroatoms. The number of piperidine rings is 3. The molecule has 166 valence electrons. The smallest absolute Gasteiger partial charge is 0.300 e. The first kappa shape index (κ1) is 20.4. The van der Waals surface area contributed by atoms with E-state index < -0.39 is 29.1 Å². The molecule has 0 amide bonds. The molecule has 6 rings (SSSR count). The number of nitrogens with one attached hydrogen (secondary N) is 1. The quantitative estimate of drug-likeness (QED) is 0.671. The lowest BCUT2D eigenvalue weighted by Crippen LogP contribution is -2.59. The summed E-state index contributed by atoms with van der Waals surface area (Å²) in [5, 5.41) is -0.159. The highest BCUT2D eigenvalue weighted by Crippen LogP contribution is 2.43. The molecule has 5 heterocycles. The van der Waals surface area contributed by atoms with Crippen molar-refractivity contribution in [1.82, 2.24) is 20.3 Å². The summed E-state index contributed by atoms with van der Waals surface area (Å²) < 4.78 is 78.9. The summed E-state index contributed by atoms with van der Waals surface area (Å²) >= 11 is 0. The Bertz CT molecular complexity index is 1060. The summed E-state index contributed by atoms with van der Waals surface area (Å²) in [6.45, 7) is 2.81. The molecule has 31 heavy (non-hydrogen) atoms. The minimum absolute atomic E-state index is 0.148. The van der Waals surface area contributed by atoms with Crippen molar-refractivity contribution in [2.24, 2.45) is 10.9 Å². The number of hydrogen-bond donors (Lipinski definition) is 1. The van der Waals surface area contributed by atoms with E-state index in [1.165, 1.54) is 0 Å². The second kappa shape index (κ2) is 6.76. The van der Waals surface area contributed by atoms with E-state index in [1.807, 2.05) is 0 Å². The van der Waals surface area contributed by atoms with E-state index in [2.05, 4.69) is 25.3 Å². The number of hydrogen-bond acceptors (Lipinski definition) is 5. The molecule has 4 aliphatic heterocycles. The summed E-state index contributed by atoms with van der Waals surface area (Å²) in [5.41, 5.74) is -1.47. The SMILES string of the molecule is FC(F)(F)c1cc2cnc(/N=C3/CC4(CN5CCC4CC5)ON3)nc2cc1C(F)(F)F. The van der Waals surface area contributed by atoms with Crippen LogP contribution in [0.1, 0.15) is 30.4 Å². The minimum atomic E-state index is -5.18. The number of hydroxylamine groups is 1. The highest BCUT2D eigenvalue weighted by Gasteiger charge is 2.52. The van der Waals surface area contributed by atoms with E-state index in [4.69, 9.17) is 4.84 Å². The van der Waals surface area contributed by atoms with Crippen LogP contribution >= 0.6 is 0 Å². The van der Waals surface area contributed by atoms with Crippen molar-refractivity contribution in [3.05, 3.63) is 29.5 Å². The van der Waals surface area contributed by atoms with Gasteiger partial charge in [-0.05, 0) is 44.0 Å². The molecule has 1 aromatic heterocycles. The van der Waals surface area contributed by atoms with Gasteiger partial charge in [0.25, 0.3) is 5.95 Å². The molecule has 1 spiro atoms. The summed E-state index contributed by atoms with van der Waals surface area (Å²) in [6.07, 6.45) is -6.79. The van der Waals surface area contributed by atoms with Gasteiger partial charge in [0.1, 0.15) is 11.4 Å². The van der Waals surface area contributed by atoms with Crippen molar-refractivity contribution < 1.29 is 31.2 Å². The van der Waals surface area contributed by atoms with Gasteiger partial charge in [-0.3, -0.25) is 10.3 Å². The van der Waals surface area contributed by atoms with Crippen LogP contribution in [0.4, 0.5) is 32.3 Å². The second-order valence-corrected chi connectivity index (χ2v) is 8.18. The summed E-state index contributed by atoms with van der Waals surface area (Å²) in [5.74, 6) is 0.672. The molecule has 1 unspecified atom stereocenters. The molecule has 0 radical (unpaired) electrons. The highest BCUT2D eigenvalue weighted by molar-refractivity contribution is 5.86. The molecule has 6 nitrogen and oxygen atoms in total. The van der Waals surface area contributed by atoms with E-state index in [0.29, 0.717) is 30.3 Å². The largest absolute Gasteiger partial charge is 0.417 e. The van der Waals surface area contributed by atoms with Gasteiger partial charge in [-0.15, -0.1) is 0 Å². The second-order valence-electron chi connectivity index (χ2n) is 8.18. The maximum Gasteiger partial charge on any atom is 0.417 e. The third kappa shape index (κ3) is 3.61. The average molecular weight is 445 g/mol. The van der Waals surface area contributed by atoms with Crippen LogP contribution < -0.4 is 5.48 Å². The van der Waals surface area contributed by atoms with Gasteiger partial charge < -0.3 is 4.90 Å². The highest BCUT2D eigenvalue weighted by atomic mass is 19.4. The first-order valence-electron chi connectivity index (χ1n) is 9.73. The number of halogens is 6. The van der Waals surface area contributed by atoms with Gasteiger partial charge in [0.15, 0.2) is 0 Å². The van der Waals surface area contributed by atoms with Crippen LogP contribution in [-0.4, -0.2) is 45.9 Å². The third-order valence-electron chi connectivity index (χ3n) is 6.21. The van der Waals surface area contributed by atoms with E-state index in [0.717, 1.165) is 38.7 Å². The van der Waals surface area contributed by atoms with Crippen molar-refractivity contribution >= 4 is 22.7 Å². The molecule has 0 saturated carbocycles. The van der Waals surface area contributed by atoms with Crippen molar-refractivity contribution in [1.29, 1.82) is 0 Å². The first-order valence-corrected chi connectivity index (χ1v) is 9.73. The van der Waals surface area contributed by atoms with Crippen LogP contribution in [-0.2, 0) is 17.2 Å². The number of rotatable bonds is 1. The van der Waals surface area contributed by atoms with E-state index in [-0.39, 0.29) is 16.9 Å². The average Bonchev–Trinajstić information content (AvgIpc) is 3.08. The standard InChI is InChI=1S/C19H17F6N5O/c20-18(21,22)12-5-10-8-26-16(27-14(10)6-13(12)19(23,24)25)28-15-7-17(31-29-15)9-30-3-1-11(17)2-4-30/h5-6,8,11H,1-4,7,9H2,(H,26,27,28,29). The molecule has 2 aromatic rings. The molecule has 4 aliphatic rings. The lowest BCUT2D eigenvalue weighted by molar-refractivity contribution is -0.161. The number of nitrogens with zero attached hydrogens (tertiary/aromatic N) is 4. The normalized spacial score (nSPS) is 29.8. The number of aromatic nitrogens is 2. The summed E-state index contributed by atoms with van der Waals surface area (Å²) in [6, 6.07) is 0.797. The van der Waals surface area contributed by atoms with Crippen LogP contribution in [0.15, 0.2) is 23.3 Å². The van der Waals surface area contributed by atoms with Gasteiger partial charge in [-0.2, -0.15) is 31.3 Å². The van der Waals surface area contributed by atoms with Crippen LogP contribution in [0.25, 0.3) is 10.9 Å². The lowest BCUT2D eigenvalue weighted by Gasteiger charge is -2.49. The van der Waals surface area contributed by atoms with Crippen LogP contribution in [0.5, 0.6) is 0 Å². The Kier molecular flexibility index (Phi) is 4.46. The van der Waals surface area contributed by atoms with Gasteiger partial charge in [-0.25, -0.2) is 9.97 Å². The zero-order valence-corrected chi connectivity index (χ0v) is 16.0. The minimum Gasteiger partial charge on any atom is -0.300 e. The molecule has 4 fully saturated rings. The van der Waals surface area contributed by atoms with Crippen LogP contribution in [0.2, 0.25) is 0 Å². The summed E-state index contributed by atoms with van der Waals surface area (Å²) in [7, 11) is 0. The van der Waals surface area contributed by atoms with Crippen molar-refractivity contribution in [3.8, 4) is 0 Å². The number of amidine groups is 1. The van der Waals surface area contributed by atoms with Gasteiger partial charge in [0.2, 0.25) is 0 Å². The zero-order chi connectivity index (χ0) is 22.0. The Hall–Kier alpha value is -2.47. The monoisotopic (exact) mass is 445 g/mol. The van der Waals surface area contributed by atoms with Gasteiger partial charge >= 0.3 is 12.4 Å². The molecule has 1 aromatic carbocycles. The maximum absolute atomic E-state index is 13.2. The van der Waals surface area contributed by atoms with Gasteiger partial charge in [0, 0.05) is 24.5 Å². The molecule has 2 bridgehead atoms. The van der Waals surface area contributed by atoms with E-state index in [1.54, 1.807) is 0 Å². The number of alkyl halides is 6. The molecule has 1 atom stereocenters. The molecular formula is C19H17F6N5O. The topological polar surface area (TPSA) is 62.6 Å². The first-order chi connectivity index (χ1) is 14.5. The Morgan fingerprint density at radius 2 is 1.74 bits per heavy atom. The van der Waals surface area contributed by atoms with Crippen molar-refractivity contribution in [2.45, 2.75) is 37.2 Å². The Morgan fingerprint density at radius 3 is 2.35 bits per heavy atom. The predicted octanol–water partition coefficient (Wildman–Crippen LogP) is 4.09. The van der Waals surface area contributed by atoms with Crippen molar-refractivity contribution in [2.75, 3.05) is 19.6 Å².